The Morgan fingerprint density at radius 3 is 2.44 bits per heavy atom. The number of anilines is 3. The molecule has 1 aromatic heterocycles. The highest BCUT2D eigenvalue weighted by molar-refractivity contribution is 5.73. The number of aromatic nitrogens is 2. The molecule has 2 N–H and O–H groups in total. The third kappa shape index (κ3) is 5.60. The fraction of sp³-hybridized carbons (Fsp3) is 0.250. The van der Waals surface area contributed by atoms with Crippen molar-refractivity contribution in [3.63, 3.8) is 0 Å². The van der Waals surface area contributed by atoms with E-state index >= 15 is 0 Å². The van der Waals surface area contributed by atoms with Crippen molar-refractivity contribution in [3.05, 3.63) is 82.7 Å². The van der Waals surface area contributed by atoms with E-state index in [9.17, 15) is 10.1 Å². The molecular weight excluding hydrogens is 406 g/mol. The second-order valence-corrected chi connectivity index (χ2v) is 7.53. The number of rotatable bonds is 9. The highest BCUT2D eigenvalue weighted by Gasteiger charge is 2.23. The van der Waals surface area contributed by atoms with Crippen molar-refractivity contribution in [2.45, 2.75) is 32.1 Å². The highest BCUT2D eigenvalue weighted by atomic mass is 16.6. The molecule has 1 aliphatic rings. The van der Waals surface area contributed by atoms with Crippen molar-refractivity contribution < 1.29 is 9.66 Å². The molecule has 0 atom stereocenters. The summed E-state index contributed by atoms with van der Waals surface area (Å²) in [5.74, 6) is 1.76. The predicted molar refractivity (Wildman–Crippen MR) is 125 cm³/mol. The zero-order chi connectivity index (χ0) is 22.2. The Labute approximate surface area is 186 Å². The van der Waals surface area contributed by atoms with Crippen LogP contribution in [0.15, 0.2) is 72.6 Å². The largest absolute Gasteiger partial charge is 0.457 e. The van der Waals surface area contributed by atoms with Gasteiger partial charge in [0.2, 0.25) is 11.6 Å². The van der Waals surface area contributed by atoms with Gasteiger partial charge in [-0.1, -0.05) is 29.8 Å². The summed E-state index contributed by atoms with van der Waals surface area (Å²) >= 11 is 0. The molecule has 0 fully saturated rings. The van der Waals surface area contributed by atoms with E-state index in [2.05, 4.69) is 26.7 Å². The Balaban J connectivity index is 1.44. The Hall–Kier alpha value is -3.94. The van der Waals surface area contributed by atoms with E-state index in [0.29, 0.717) is 18.0 Å². The molecule has 0 aliphatic heterocycles. The first kappa shape index (κ1) is 21.3. The average molecular weight is 431 g/mol. The van der Waals surface area contributed by atoms with Crippen LogP contribution in [0.5, 0.6) is 11.5 Å². The number of nitrogens with one attached hydrogen (secondary N) is 2. The summed E-state index contributed by atoms with van der Waals surface area (Å²) in [6, 6.07) is 16.6. The van der Waals surface area contributed by atoms with Crippen LogP contribution < -0.4 is 15.4 Å². The fourth-order valence-corrected chi connectivity index (χ4v) is 3.61. The molecule has 8 nitrogen and oxygen atoms in total. The summed E-state index contributed by atoms with van der Waals surface area (Å²) in [7, 11) is 0. The summed E-state index contributed by atoms with van der Waals surface area (Å²) in [5, 5.41) is 17.9. The second-order valence-electron chi connectivity index (χ2n) is 7.53. The van der Waals surface area contributed by atoms with E-state index in [1.165, 1.54) is 24.7 Å². The summed E-state index contributed by atoms with van der Waals surface area (Å²) in [5.41, 5.74) is 1.89. The second kappa shape index (κ2) is 10.4. The maximum Gasteiger partial charge on any atom is 0.353 e. The molecule has 0 spiro atoms. The van der Waals surface area contributed by atoms with E-state index < -0.39 is 4.92 Å². The van der Waals surface area contributed by atoms with Gasteiger partial charge in [-0.15, -0.1) is 0 Å². The van der Waals surface area contributed by atoms with Crippen LogP contribution in [-0.4, -0.2) is 21.4 Å². The molecule has 0 saturated carbocycles. The number of hydrogen-bond donors (Lipinski definition) is 2. The lowest BCUT2D eigenvalue weighted by atomic mass is 9.97. The third-order valence-corrected chi connectivity index (χ3v) is 5.22. The van der Waals surface area contributed by atoms with Crippen molar-refractivity contribution in [1.82, 2.24) is 9.97 Å². The minimum Gasteiger partial charge on any atom is -0.457 e. The monoisotopic (exact) mass is 431 g/mol. The van der Waals surface area contributed by atoms with Crippen LogP contribution in [0.2, 0.25) is 0 Å². The van der Waals surface area contributed by atoms with Crippen LogP contribution in [0.1, 0.15) is 32.1 Å². The van der Waals surface area contributed by atoms with Gasteiger partial charge in [0.05, 0.1) is 4.92 Å². The zero-order valence-electron chi connectivity index (χ0n) is 17.7. The lowest BCUT2D eigenvalue weighted by Gasteiger charge is -2.14. The van der Waals surface area contributed by atoms with Gasteiger partial charge in [-0.05, 0) is 68.5 Å². The molecule has 0 amide bonds. The first-order chi connectivity index (χ1) is 15.7. The number of nitro groups is 1. The first-order valence-electron chi connectivity index (χ1n) is 10.7. The topological polar surface area (TPSA) is 102 Å². The van der Waals surface area contributed by atoms with Crippen LogP contribution in [0, 0.1) is 10.1 Å². The van der Waals surface area contributed by atoms with Gasteiger partial charge in [0.15, 0.2) is 0 Å². The quantitative estimate of drug-likeness (QED) is 0.235. The van der Waals surface area contributed by atoms with Crippen molar-refractivity contribution in [1.29, 1.82) is 0 Å². The molecule has 1 heterocycles. The smallest absolute Gasteiger partial charge is 0.353 e. The molecule has 3 aromatic rings. The highest BCUT2D eigenvalue weighted by Crippen LogP contribution is 2.32. The average Bonchev–Trinajstić information content (AvgIpc) is 2.82. The third-order valence-electron chi connectivity index (χ3n) is 5.22. The minimum absolute atomic E-state index is 0.140. The Morgan fingerprint density at radius 1 is 0.969 bits per heavy atom. The standard InChI is InChI=1S/C24H25N5O3/c30-29(31)22-23(25-16-15-18-7-3-1-4-8-18)26-17-27-24(22)28-19-11-13-21(14-12-19)32-20-9-5-2-6-10-20/h2,5-7,9-14,17H,1,3-4,8,15-16H2,(H2,25,26,27,28). The van der Waals surface area contributed by atoms with Crippen molar-refractivity contribution in [2.75, 3.05) is 17.2 Å². The number of allylic oxidation sites excluding steroid dienone is 1. The van der Waals surface area contributed by atoms with Crippen LogP contribution in [0.4, 0.5) is 23.0 Å². The summed E-state index contributed by atoms with van der Waals surface area (Å²) in [6.07, 6.45) is 9.12. The van der Waals surface area contributed by atoms with Gasteiger partial charge in [0.1, 0.15) is 17.8 Å². The molecule has 32 heavy (non-hydrogen) atoms. The normalized spacial score (nSPS) is 13.2. The molecule has 1 aliphatic carbocycles. The molecule has 4 rings (SSSR count). The number of ether oxygens (including phenoxy) is 1. The van der Waals surface area contributed by atoms with Gasteiger partial charge in [0.25, 0.3) is 0 Å². The maximum atomic E-state index is 11.8. The maximum absolute atomic E-state index is 11.8. The Kier molecular flexibility index (Phi) is 6.91. The van der Waals surface area contributed by atoms with E-state index in [-0.39, 0.29) is 17.3 Å². The van der Waals surface area contributed by atoms with Crippen molar-refractivity contribution in [3.8, 4) is 11.5 Å². The molecular formula is C24H25N5O3. The molecule has 164 valence electrons. The first-order valence-corrected chi connectivity index (χ1v) is 10.7. The number of hydrogen-bond acceptors (Lipinski definition) is 7. The molecule has 2 aromatic carbocycles. The van der Waals surface area contributed by atoms with Crippen LogP contribution in [-0.2, 0) is 0 Å². The molecule has 0 saturated heterocycles. The molecule has 8 heteroatoms. The van der Waals surface area contributed by atoms with E-state index in [0.717, 1.165) is 25.0 Å². The Bertz CT molecular complexity index is 1080. The van der Waals surface area contributed by atoms with E-state index in [4.69, 9.17) is 4.74 Å². The molecule has 0 radical (unpaired) electrons. The van der Waals surface area contributed by atoms with E-state index in [1.807, 2.05) is 30.3 Å². The molecule has 0 bridgehead atoms. The fourth-order valence-electron chi connectivity index (χ4n) is 3.61. The van der Waals surface area contributed by atoms with Gasteiger partial charge in [-0.3, -0.25) is 10.1 Å². The zero-order valence-corrected chi connectivity index (χ0v) is 17.7. The van der Waals surface area contributed by atoms with Crippen molar-refractivity contribution in [2.24, 2.45) is 0 Å². The lowest BCUT2D eigenvalue weighted by molar-refractivity contribution is -0.383. The lowest BCUT2D eigenvalue weighted by Crippen LogP contribution is -2.10. The number of benzene rings is 2. The Morgan fingerprint density at radius 2 is 1.72 bits per heavy atom. The van der Waals surface area contributed by atoms with Crippen LogP contribution in [0.3, 0.4) is 0 Å². The molecule has 0 unspecified atom stereocenters. The summed E-state index contributed by atoms with van der Waals surface area (Å²) in [4.78, 5) is 19.5. The van der Waals surface area contributed by atoms with Gasteiger partial charge in [-0.2, -0.15) is 0 Å². The summed E-state index contributed by atoms with van der Waals surface area (Å²) in [6.45, 7) is 0.592. The number of para-hydroxylation sites is 1. The van der Waals surface area contributed by atoms with Crippen molar-refractivity contribution >= 4 is 23.0 Å². The van der Waals surface area contributed by atoms with Gasteiger partial charge in [-0.25, -0.2) is 9.97 Å². The van der Waals surface area contributed by atoms with Gasteiger partial charge in [0, 0.05) is 12.2 Å². The SMILES string of the molecule is O=[N+]([O-])c1c(NCCC2=CCCCC2)ncnc1Nc1ccc(Oc2ccccc2)cc1. The number of nitrogens with zero attached hydrogens (tertiary/aromatic N) is 3. The van der Waals surface area contributed by atoms with Gasteiger partial charge >= 0.3 is 5.69 Å². The predicted octanol–water partition coefficient (Wildman–Crippen LogP) is 6.22. The minimum atomic E-state index is -0.461. The van der Waals surface area contributed by atoms with Crippen LogP contribution in [0.25, 0.3) is 0 Å². The van der Waals surface area contributed by atoms with Gasteiger partial charge < -0.3 is 15.4 Å². The van der Waals surface area contributed by atoms with E-state index in [1.54, 1.807) is 24.3 Å². The summed E-state index contributed by atoms with van der Waals surface area (Å²) < 4.78 is 5.78. The van der Waals surface area contributed by atoms with Crippen LogP contribution >= 0.6 is 0 Å².